The van der Waals surface area contributed by atoms with Crippen LogP contribution in [0, 0.1) is 0 Å². The van der Waals surface area contributed by atoms with E-state index in [1.165, 1.54) is 22.2 Å². The Kier molecular flexibility index (Phi) is 6.40. The molecule has 8 heteroatoms. The lowest BCUT2D eigenvalue weighted by atomic mass is 10.0. The van der Waals surface area contributed by atoms with Crippen molar-refractivity contribution in [3.05, 3.63) is 90.0 Å². The van der Waals surface area contributed by atoms with Crippen molar-refractivity contribution in [1.29, 1.82) is 0 Å². The smallest absolute Gasteiger partial charge is 0.273 e. The van der Waals surface area contributed by atoms with Gasteiger partial charge in [-0.25, -0.2) is 0 Å². The summed E-state index contributed by atoms with van der Waals surface area (Å²) in [7, 11) is 1.62. The topological polar surface area (TPSA) is 58.7 Å². The van der Waals surface area contributed by atoms with Gasteiger partial charge in [0, 0.05) is 16.8 Å². The van der Waals surface area contributed by atoms with E-state index in [4.69, 9.17) is 4.74 Å². The molecule has 0 bridgehead atoms. The first kappa shape index (κ1) is 24.0. The predicted octanol–water partition coefficient (Wildman–Crippen LogP) is 0.916. The molecule has 2 N–H and O–H groups in total. The summed E-state index contributed by atoms with van der Waals surface area (Å²) in [6.45, 7) is 5.82. The van der Waals surface area contributed by atoms with E-state index in [2.05, 4.69) is 30.3 Å². The van der Waals surface area contributed by atoms with Crippen LogP contribution in [0.4, 0.5) is 11.4 Å². The van der Waals surface area contributed by atoms with Crippen molar-refractivity contribution in [2.75, 3.05) is 55.5 Å². The molecule has 0 radical (unpaired) electrons. The molecule has 190 valence electrons. The van der Waals surface area contributed by atoms with Crippen molar-refractivity contribution < 1.29 is 24.1 Å². The molecule has 1 atom stereocenters. The Morgan fingerprint density at radius 3 is 2.27 bits per heavy atom. The van der Waals surface area contributed by atoms with Crippen LogP contribution in [0.5, 0.6) is 5.75 Å². The molecule has 3 aromatic carbocycles. The molecular formula is C29H32N4O3S+2. The molecule has 1 unspecified atom stereocenters. The fourth-order valence-electron chi connectivity index (χ4n) is 5.84. The highest BCUT2D eigenvalue weighted by Gasteiger charge is 2.61. The van der Waals surface area contributed by atoms with Crippen LogP contribution in [0.25, 0.3) is 0 Å². The summed E-state index contributed by atoms with van der Waals surface area (Å²) >= 11 is 1.43. The third-order valence-corrected chi connectivity index (χ3v) is 9.12. The second kappa shape index (κ2) is 9.85. The molecule has 0 aromatic heterocycles. The number of hydrogen-bond donors (Lipinski definition) is 2. The van der Waals surface area contributed by atoms with Gasteiger partial charge in [-0.3, -0.25) is 19.4 Å². The van der Waals surface area contributed by atoms with Gasteiger partial charge in [-0.15, -0.1) is 11.8 Å². The zero-order valence-electron chi connectivity index (χ0n) is 21.0. The van der Waals surface area contributed by atoms with E-state index in [0.29, 0.717) is 18.1 Å². The standard InChI is InChI=1S/C29H30N4O3S/c1-36-24-13-11-23(12-14-24)33-27(34)20-37-29(33)25-9-5-6-10-26(25)32(28(29)35)21-31-17-15-30(16-18-31)19-22-7-3-2-4-8-22/h2-14H,15-21H2,1H3/p+2. The molecule has 3 aliphatic rings. The summed E-state index contributed by atoms with van der Waals surface area (Å²) in [5.74, 6) is 0.917. The molecule has 6 rings (SSSR count). The zero-order chi connectivity index (χ0) is 25.4. The number of para-hydroxylation sites is 1. The van der Waals surface area contributed by atoms with E-state index in [-0.39, 0.29) is 17.6 Å². The molecule has 1 spiro atoms. The van der Waals surface area contributed by atoms with E-state index < -0.39 is 4.87 Å². The van der Waals surface area contributed by atoms with Crippen LogP contribution in [0.1, 0.15) is 11.1 Å². The van der Waals surface area contributed by atoms with Crippen molar-refractivity contribution in [2.45, 2.75) is 11.4 Å². The third-order valence-electron chi connectivity index (χ3n) is 7.74. The minimum Gasteiger partial charge on any atom is -0.497 e. The highest BCUT2D eigenvalue weighted by Crippen LogP contribution is 2.55. The van der Waals surface area contributed by atoms with E-state index in [9.17, 15) is 9.59 Å². The number of rotatable bonds is 6. The van der Waals surface area contributed by atoms with Gasteiger partial charge in [0.05, 0.1) is 18.6 Å². The maximum atomic E-state index is 14.3. The quantitative estimate of drug-likeness (QED) is 0.512. The Bertz CT molecular complexity index is 1290. The first-order valence-corrected chi connectivity index (χ1v) is 13.8. The molecule has 0 aliphatic carbocycles. The van der Waals surface area contributed by atoms with E-state index in [1.807, 2.05) is 53.4 Å². The number of carbonyl (C=O) groups excluding carboxylic acids is 2. The van der Waals surface area contributed by atoms with Gasteiger partial charge in [-0.1, -0.05) is 48.5 Å². The number of anilines is 2. The van der Waals surface area contributed by atoms with Gasteiger partial charge in [0.1, 0.15) is 38.5 Å². The second-order valence-electron chi connectivity index (χ2n) is 9.93. The highest BCUT2D eigenvalue weighted by atomic mass is 32.2. The average Bonchev–Trinajstić information content (AvgIpc) is 3.41. The van der Waals surface area contributed by atoms with Crippen molar-refractivity contribution in [2.24, 2.45) is 0 Å². The molecular weight excluding hydrogens is 484 g/mol. The zero-order valence-corrected chi connectivity index (χ0v) is 21.8. The number of nitrogens with zero attached hydrogens (tertiary/aromatic N) is 2. The van der Waals surface area contributed by atoms with Gasteiger partial charge in [0.15, 0.2) is 6.67 Å². The maximum Gasteiger partial charge on any atom is 0.273 e. The summed E-state index contributed by atoms with van der Waals surface area (Å²) in [5.41, 5.74) is 3.90. The van der Waals surface area contributed by atoms with E-state index in [1.54, 1.807) is 16.9 Å². The molecule has 0 saturated carbocycles. The average molecular weight is 517 g/mol. The maximum absolute atomic E-state index is 14.3. The van der Waals surface area contributed by atoms with Crippen molar-refractivity contribution in [3.63, 3.8) is 0 Å². The Labute approximate surface area is 221 Å². The minimum atomic E-state index is -1.07. The van der Waals surface area contributed by atoms with Crippen LogP contribution >= 0.6 is 11.8 Å². The summed E-state index contributed by atoms with van der Waals surface area (Å²) in [6.07, 6.45) is 0. The van der Waals surface area contributed by atoms with E-state index in [0.717, 1.165) is 44.0 Å². The predicted molar refractivity (Wildman–Crippen MR) is 145 cm³/mol. The number of ether oxygens (including phenoxy) is 1. The first-order chi connectivity index (χ1) is 18.1. The number of nitrogens with one attached hydrogen (secondary N) is 2. The van der Waals surface area contributed by atoms with Gasteiger partial charge in [0.2, 0.25) is 10.8 Å². The van der Waals surface area contributed by atoms with Gasteiger partial charge >= 0.3 is 0 Å². The Morgan fingerprint density at radius 2 is 1.54 bits per heavy atom. The second-order valence-corrected chi connectivity index (χ2v) is 11.1. The lowest BCUT2D eigenvalue weighted by Gasteiger charge is -2.34. The molecule has 2 amide bonds. The molecule has 3 aliphatic heterocycles. The summed E-state index contributed by atoms with van der Waals surface area (Å²) in [4.78, 5) is 33.1. The summed E-state index contributed by atoms with van der Waals surface area (Å²) in [6, 6.07) is 26.0. The monoisotopic (exact) mass is 516 g/mol. The Hall–Kier alpha value is -3.33. The number of hydrogen-bond acceptors (Lipinski definition) is 4. The van der Waals surface area contributed by atoms with Crippen LogP contribution < -0.4 is 24.3 Å². The largest absolute Gasteiger partial charge is 0.497 e. The summed E-state index contributed by atoms with van der Waals surface area (Å²) in [5, 5.41) is 0. The molecule has 2 saturated heterocycles. The van der Waals surface area contributed by atoms with Gasteiger partial charge < -0.3 is 14.5 Å². The van der Waals surface area contributed by atoms with Gasteiger partial charge in [-0.2, -0.15) is 0 Å². The lowest BCUT2D eigenvalue weighted by molar-refractivity contribution is -1.02. The number of piperazine rings is 1. The molecule has 2 fully saturated rings. The number of thioether (sulfide) groups is 1. The number of quaternary nitrogens is 2. The van der Waals surface area contributed by atoms with E-state index >= 15 is 0 Å². The fraction of sp³-hybridized carbons (Fsp3) is 0.310. The molecule has 3 aromatic rings. The molecule has 7 nitrogen and oxygen atoms in total. The normalized spacial score (nSPS) is 25.1. The van der Waals surface area contributed by atoms with Crippen molar-refractivity contribution in [3.8, 4) is 5.75 Å². The minimum absolute atomic E-state index is 0.0214. The number of carbonyl (C=O) groups is 2. The number of benzene rings is 3. The first-order valence-electron chi connectivity index (χ1n) is 12.8. The van der Waals surface area contributed by atoms with Crippen molar-refractivity contribution >= 4 is 35.0 Å². The SMILES string of the molecule is COc1ccc(N2C(=O)CSC23C(=O)N(C[NH+]2CC[NH+](Cc4ccccc4)CC2)c2ccccc23)cc1. The van der Waals surface area contributed by atoms with Crippen LogP contribution in [0.2, 0.25) is 0 Å². The van der Waals surface area contributed by atoms with Crippen molar-refractivity contribution in [1.82, 2.24) is 0 Å². The lowest BCUT2D eigenvalue weighted by Crippen LogP contribution is -3.28. The van der Waals surface area contributed by atoms with Crippen LogP contribution in [0.3, 0.4) is 0 Å². The number of methoxy groups -OCH3 is 1. The Morgan fingerprint density at radius 1 is 0.865 bits per heavy atom. The third kappa shape index (κ3) is 4.19. The number of fused-ring (bicyclic) bond motifs is 2. The van der Waals surface area contributed by atoms with Crippen LogP contribution in [-0.4, -0.2) is 57.5 Å². The number of amides is 2. The van der Waals surface area contributed by atoms with Crippen LogP contribution in [-0.2, 0) is 21.0 Å². The highest BCUT2D eigenvalue weighted by molar-refractivity contribution is 8.02. The van der Waals surface area contributed by atoms with Gasteiger partial charge in [0.25, 0.3) is 5.91 Å². The summed E-state index contributed by atoms with van der Waals surface area (Å²) < 4.78 is 5.31. The van der Waals surface area contributed by atoms with Gasteiger partial charge in [-0.05, 0) is 30.3 Å². The molecule has 3 heterocycles. The Balaban J connectivity index is 1.23. The fourth-order valence-corrected chi connectivity index (χ4v) is 7.20. The molecule has 37 heavy (non-hydrogen) atoms. The van der Waals surface area contributed by atoms with Crippen LogP contribution in [0.15, 0.2) is 78.9 Å².